The van der Waals surface area contributed by atoms with Crippen molar-refractivity contribution < 1.29 is 8.42 Å². The molecule has 0 saturated carbocycles. The summed E-state index contributed by atoms with van der Waals surface area (Å²) in [5.41, 5.74) is 0. The highest BCUT2D eigenvalue weighted by molar-refractivity contribution is 7.70. The summed E-state index contributed by atoms with van der Waals surface area (Å²) >= 11 is 0. The first kappa shape index (κ1) is 12.2. The molecule has 0 unspecified atom stereocenters. The lowest BCUT2D eigenvalue weighted by molar-refractivity contribution is 0.373. The Hall–Kier alpha value is 0.160. The van der Waals surface area contributed by atoms with E-state index in [1.54, 1.807) is 0 Å². The number of thiol groups is 1. The molecule has 1 aliphatic heterocycles. The molecule has 0 aliphatic carbocycles. The van der Waals surface area contributed by atoms with Crippen LogP contribution in [-0.2, 0) is 10.9 Å². The van der Waals surface area contributed by atoms with Gasteiger partial charge in [0.05, 0.1) is 0 Å². The monoisotopic (exact) mass is 214 g/mol. The van der Waals surface area contributed by atoms with Gasteiger partial charge in [-0.1, -0.05) is 0 Å². The third kappa shape index (κ3) is 4.92. The number of nitrogens with one attached hydrogen (secondary N) is 2. The number of halogens is 1. The van der Waals surface area contributed by atoms with Crippen LogP contribution in [0.3, 0.4) is 0 Å². The Bertz CT molecular complexity index is 172. The third-order valence-corrected chi connectivity index (χ3v) is 2.41. The molecule has 1 fully saturated rings. The average Bonchev–Trinajstić information content (AvgIpc) is 2.03. The zero-order valence-corrected chi connectivity index (χ0v) is 8.50. The molecule has 0 bridgehead atoms. The average molecular weight is 215 g/mol. The molecule has 1 heterocycles. The van der Waals surface area contributed by atoms with E-state index in [1.165, 1.54) is 0 Å². The second kappa shape index (κ2) is 6.65. The van der Waals surface area contributed by atoms with Crippen LogP contribution in [-0.4, -0.2) is 28.1 Å². The molecule has 12 heavy (non-hydrogen) atoms. The van der Waals surface area contributed by atoms with Crippen LogP contribution in [0.4, 0.5) is 0 Å². The molecule has 0 radical (unpaired) electrons. The van der Waals surface area contributed by atoms with E-state index < -0.39 is 10.9 Å². The van der Waals surface area contributed by atoms with Gasteiger partial charge in [-0.2, -0.15) is 0 Å². The molecule has 0 atom stereocenters. The first-order valence-electron chi connectivity index (χ1n) is 3.87. The predicted octanol–water partition coefficient (Wildman–Crippen LogP) is -0.476. The van der Waals surface area contributed by atoms with Crippen LogP contribution >= 0.6 is 12.4 Å². The maximum Gasteiger partial charge on any atom is 0.201 e. The smallest absolute Gasteiger partial charge is 0.201 e. The van der Waals surface area contributed by atoms with E-state index in [0.29, 0.717) is 12.5 Å². The van der Waals surface area contributed by atoms with E-state index in [2.05, 4.69) is 10.0 Å². The fraction of sp³-hybridized carbons (Fsp3) is 1.00. The highest BCUT2D eigenvalue weighted by atomic mass is 35.5. The fourth-order valence-corrected chi connectivity index (χ4v) is 1.70. The van der Waals surface area contributed by atoms with E-state index in [-0.39, 0.29) is 12.4 Å². The van der Waals surface area contributed by atoms with Gasteiger partial charge in [0.15, 0.2) is 0 Å². The van der Waals surface area contributed by atoms with Gasteiger partial charge < -0.3 is 5.32 Å². The van der Waals surface area contributed by atoms with Crippen molar-refractivity contribution in [2.45, 2.75) is 12.8 Å². The summed E-state index contributed by atoms with van der Waals surface area (Å²) < 4.78 is 22.7. The SMILES string of the molecule is Cl.O=[SH](=O)NCC1CCNCC1. The van der Waals surface area contributed by atoms with Crippen molar-refractivity contribution in [2.24, 2.45) is 5.92 Å². The van der Waals surface area contributed by atoms with Crippen LogP contribution in [0.5, 0.6) is 0 Å². The number of piperidine rings is 1. The van der Waals surface area contributed by atoms with Crippen molar-refractivity contribution in [3.63, 3.8) is 0 Å². The van der Waals surface area contributed by atoms with Gasteiger partial charge in [-0.3, -0.25) is 0 Å². The second-order valence-electron chi connectivity index (χ2n) is 2.81. The minimum Gasteiger partial charge on any atom is -0.317 e. The van der Waals surface area contributed by atoms with Crippen molar-refractivity contribution in [3.05, 3.63) is 0 Å². The summed E-state index contributed by atoms with van der Waals surface area (Å²) in [4.78, 5) is 0. The predicted molar refractivity (Wildman–Crippen MR) is 51.2 cm³/mol. The van der Waals surface area contributed by atoms with E-state index in [9.17, 15) is 8.42 Å². The molecule has 1 saturated heterocycles. The maximum absolute atomic E-state index is 10.2. The van der Waals surface area contributed by atoms with Gasteiger partial charge in [-0.15, -0.1) is 12.4 Å². The minimum absolute atomic E-state index is 0. The van der Waals surface area contributed by atoms with Gasteiger partial charge in [0.2, 0.25) is 10.9 Å². The zero-order chi connectivity index (χ0) is 8.10. The highest BCUT2D eigenvalue weighted by Gasteiger charge is 2.11. The Kier molecular flexibility index (Phi) is 6.74. The highest BCUT2D eigenvalue weighted by Crippen LogP contribution is 2.09. The molecule has 1 rings (SSSR count). The first-order chi connectivity index (χ1) is 5.29. The Morgan fingerprint density at radius 3 is 2.42 bits per heavy atom. The van der Waals surface area contributed by atoms with Gasteiger partial charge in [-0.05, 0) is 31.8 Å². The van der Waals surface area contributed by atoms with Crippen molar-refractivity contribution in [1.29, 1.82) is 0 Å². The van der Waals surface area contributed by atoms with Crippen LogP contribution in [0.25, 0.3) is 0 Å². The number of hydrogen-bond donors (Lipinski definition) is 3. The normalized spacial score (nSPS) is 19.1. The molecular weight excluding hydrogens is 200 g/mol. The van der Waals surface area contributed by atoms with E-state index in [1.807, 2.05) is 0 Å². The van der Waals surface area contributed by atoms with Gasteiger partial charge in [0.1, 0.15) is 0 Å². The van der Waals surface area contributed by atoms with Crippen LogP contribution in [0, 0.1) is 5.92 Å². The summed E-state index contributed by atoms with van der Waals surface area (Å²) in [6.07, 6.45) is 2.16. The van der Waals surface area contributed by atoms with Crippen LogP contribution < -0.4 is 10.0 Å². The summed E-state index contributed by atoms with van der Waals surface area (Å²) in [5, 5.41) is 3.22. The van der Waals surface area contributed by atoms with E-state index >= 15 is 0 Å². The van der Waals surface area contributed by atoms with Crippen molar-refractivity contribution in [1.82, 2.24) is 10.0 Å². The zero-order valence-electron chi connectivity index (χ0n) is 6.78. The summed E-state index contributed by atoms with van der Waals surface area (Å²) in [6, 6.07) is 0. The summed E-state index contributed by atoms with van der Waals surface area (Å²) in [5.74, 6) is 0.532. The molecule has 0 aromatic rings. The molecule has 4 nitrogen and oxygen atoms in total. The molecule has 74 valence electrons. The third-order valence-electron chi connectivity index (χ3n) is 1.97. The fourth-order valence-electron chi connectivity index (χ4n) is 1.29. The van der Waals surface area contributed by atoms with Crippen LogP contribution in [0.1, 0.15) is 12.8 Å². The lowest BCUT2D eigenvalue weighted by Gasteiger charge is -2.21. The quantitative estimate of drug-likeness (QED) is 0.557. The second-order valence-corrected chi connectivity index (χ2v) is 3.64. The van der Waals surface area contributed by atoms with Gasteiger partial charge in [0, 0.05) is 6.54 Å². The Morgan fingerprint density at radius 2 is 1.92 bits per heavy atom. The van der Waals surface area contributed by atoms with Gasteiger partial charge in [-0.25, -0.2) is 13.1 Å². The van der Waals surface area contributed by atoms with Crippen LogP contribution in [0.2, 0.25) is 0 Å². The summed E-state index contributed by atoms with van der Waals surface area (Å²) in [7, 11) is -2.40. The van der Waals surface area contributed by atoms with Gasteiger partial charge in [0.25, 0.3) is 0 Å². The molecule has 0 aromatic carbocycles. The van der Waals surface area contributed by atoms with Crippen LogP contribution in [0.15, 0.2) is 0 Å². The molecule has 0 aromatic heterocycles. The maximum atomic E-state index is 10.2. The van der Waals surface area contributed by atoms with Crippen molar-refractivity contribution in [2.75, 3.05) is 19.6 Å². The molecular formula is C6H15ClN2O2S. The van der Waals surface area contributed by atoms with Crippen molar-refractivity contribution >= 4 is 23.3 Å². The Morgan fingerprint density at radius 1 is 1.33 bits per heavy atom. The summed E-state index contributed by atoms with van der Waals surface area (Å²) in [6.45, 7) is 2.64. The Labute approximate surface area is 80.6 Å². The topological polar surface area (TPSA) is 58.2 Å². The molecule has 0 spiro atoms. The molecule has 6 heteroatoms. The van der Waals surface area contributed by atoms with Gasteiger partial charge >= 0.3 is 0 Å². The number of rotatable bonds is 3. The standard InChI is InChI=1S/C6H14N2O2S.ClH/c9-11(10)8-5-6-1-3-7-4-2-6;/h6-7,11H,1-5H2,(H,8,9,10);1H. The Balaban J connectivity index is 0.00000121. The largest absolute Gasteiger partial charge is 0.317 e. The van der Waals surface area contributed by atoms with E-state index in [0.717, 1.165) is 25.9 Å². The lowest BCUT2D eigenvalue weighted by Crippen LogP contribution is -2.33. The minimum atomic E-state index is -2.40. The molecule has 0 amide bonds. The van der Waals surface area contributed by atoms with Crippen molar-refractivity contribution in [3.8, 4) is 0 Å². The van der Waals surface area contributed by atoms with E-state index in [4.69, 9.17) is 0 Å². The molecule has 2 N–H and O–H groups in total. The first-order valence-corrected chi connectivity index (χ1v) is 5.05. The number of hydrogen-bond acceptors (Lipinski definition) is 3. The molecule has 1 aliphatic rings. The lowest BCUT2D eigenvalue weighted by atomic mass is 9.99.